The lowest BCUT2D eigenvalue weighted by atomic mass is 10.1. The van der Waals surface area contributed by atoms with Crippen LogP contribution in [0.25, 0.3) is 6.08 Å². The summed E-state index contributed by atoms with van der Waals surface area (Å²) in [5.74, 6) is -0.727. The van der Waals surface area contributed by atoms with E-state index in [-0.39, 0.29) is 16.4 Å². The van der Waals surface area contributed by atoms with Gasteiger partial charge in [0.1, 0.15) is 11.5 Å². The van der Waals surface area contributed by atoms with Gasteiger partial charge in [0, 0.05) is 23.5 Å². The quantitative estimate of drug-likeness (QED) is 0.192. The zero-order valence-corrected chi connectivity index (χ0v) is 15.6. The van der Waals surface area contributed by atoms with Gasteiger partial charge in [0.25, 0.3) is 0 Å². The Morgan fingerprint density at radius 3 is 2.68 bits per heavy atom. The molecule has 150 valence electrons. The third kappa shape index (κ3) is 7.19. The van der Waals surface area contributed by atoms with Gasteiger partial charge in [0.05, 0.1) is 0 Å². The molecule has 1 N–H and O–H groups in total. The zero-order chi connectivity index (χ0) is 20.5. The number of nitrogens with one attached hydrogen (secondary N) is 1. The van der Waals surface area contributed by atoms with Crippen molar-refractivity contribution in [2.75, 3.05) is 11.1 Å². The number of hydrogen-bond acceptors (Lipinski definition) is 7. The van der Waals surface area contributed by atoms with E-state index in [2.05, 4.69) is 31.6 Å². The minimum Gasteiger partial charge on any atom is -0.435 e. The molecule has 0 aliphatic carbocycles. The highest BCUT2D eigenvalue weighted by molar-refractivity contribution is 8.01. The van der Waals surface area contributed by atoms with E-state index in [9.17, 15) is 22.4 Å². The van der Waals surface area contributed by atoms with Gasteiger partial charge in [-0.2, -0.15) is 17.6 Å². The number of carbonyl (C=O) groups excluding carboxylic acids is 1. The van der Waals surface area contributed by atoms with Gasteiger partial charge in [-0.05, 0) is 18.2 Å². The Morgan fingerprint density at radius 2 is 2.00 bits per heavy atom. The van der Waals surface area contributed by atoms with Crippen LogP contribution < -0.4 is 14.8 Å². The normalized spacial score (nSPS) is 11.2. The van der Waals surface area contributed by atoms with Gasteiger partial charge in [-0.3, -0.25) is 10.1 Å². The molecule has 2 rings (SSSR count). The van der Waals surface area contributed by atoms with Crippen molar-refractivity contribution in [3.8, 4) is 11.5 Å². The molecular formula is C16H13F4N3O3S2. The number of nitrogens with zero attached hydrogens (tertiary/aromatic N) is 2. The second kappa shape index (κ2) is 10.7. The van der Waals surface area contributed by atoms with Crippen LogP contribution in [0, 0.1) is 0 Å². The molecule has 0 saturated heterocycles. The molecule has 1 aromatic heterocycles. The van der Waals surface area contributed by atoms with E-state index in [0.29, 0.717) is 10.1 Å². The first-order valence-corrected chi connectivity index (χ1v) is 9.27. The predicted octanol–water partition coefficient (Wildman–Crippen LogP) is 4.67. The molecule has 6 nitrogen and oxygen atoms in total. The number of anilines is 1. The number of benzene rings is 1. The van der Waals surface area contributed by atoms with Crippen LogP contribution in [-0.4, -0.2) is 35.1 Å². The molecule has 0 radical (unpaired) electrons. The maximum atomic E-state index is 12.5. The van der Waals surface area contributed by atoms with Crippen molar-refractivity contribution in [1.29, 1.82) is 0 Å². The highest BCUT2D eigenvalue weighted by atomic mass is 32.2. The summed E-state index contributed by atoms with van der Waals surface area (Å²) < 4.78 is 58.6. The number of halogens is 4. The summed E-state index contributed by atoms with van der Waals surface area (Å²) in [4.78, 5) is 12.0. The van der Waals surface area contributed by atoms with Crippen LogP contribution in [0.4, 0.5) is 22.7 Å². The van der Waals surface area contributed by atoms with Gasteiger partial charge in [0.15, 0.2) is 4.34 Å². The van der Waals surface area contributed by atoms with Crippen LogP contribution in [0.15, 0.2) is 41.3 Å². The van der Waals surface area contributed by atoms with Crippen molar-refractivity contribution in [2.45, 2.75) is 17.6 Å². The Kier molecular flexibility index (Phi) is 8.26. The Balaban J connectivity index is 2.07. The number of aromatic nitrogens is 2. The maximum absolute atomic E-state index is 12.5. The molecular weight excluding hydrogens is 422 g/mol. The molecule has 0 fully saturated rings. The molecule has 0 unspecified atom stereocenters. The van der Waals surface area contributed by atoms with E-state index < -0.39 is 24.9 Å². The van der Waals surface area contributed by atoms with E-state index in [1.54, 1.807) is 6.08 Å². The maximum Gasteiger partial charge on any atom is 0.387 e. The minimum atomic E-state index is -3.18. The number of hydrogen-bond donors (Lipinski definition) is 1. The molecule has 0 bridgehead atoms. The fourth-order valence-corrected chi connectivity index (χ4v) is 3.30. The van der Waals surface area contributed by atoms with Crippen LogP contribution in [0.1, 0.15) is 5.56 Å². The topological polar surface area (TPSA) is 73.3 Å². The highest BCUT2D eigenvalue weighted by Crippen LogP contribution is 2.29. The Bertz CT molecular complexity index is 846. The van der Waals surface area contributed by atoms with Crippen molar-refractivity contribution in [1.82, 2.24) is 10.2 Å². The number of rotatable bonds is 10. The Morgan fingerprint density at radius 1 is 1.25 bits per heavy atom. The summed E-state index contributed by atoms with van der Waals surface area (Å²) in [5, 5.41) is 10.4. The first kappa shape index (κ1) is 21.7. The lowest BCUT2D eigenvalue weighted by Gasteiger charge is -2.11. The molecule has 1 amide bonds. The van der Waals surface area contributed by atoms with Crippen molar-refractivity contribution >= 4 is 40.2 Å². The number of carbonyl (C=O) groups is 1. The third-order valence-corrected chi connectivity index (χ3v) is 4.77. The Hall–Kier alpha value is -2.60. The molecule has 0 aliphatic rings. The second-order valence-electron chi connectivity index (χ2n) is 4.75. The van der Waals surface area contributed by atoms with E-state index in [4.69, 9.17) is 0 Å². The van der Waals surface area contributed by atoms with Gasteiger partial charge in [0.2, 0.25) is 11.0 Å². The fourth-order valence-electron chi connectivity index (χ4n) is 1.79. The van der Waals surface area contributed by atoms with E-state index >= 15 is 0 Å². The molecule has 0 spiro atoms. The smallest absolute Gasteiger partial charge is 0.387 e. The summed E-state index contributed by atoms with van der Waals surface area (Å²) in [6.07, 6.45) is 3.94. The first-order chi connectivity index (χ1) is 13.4. The van der Waals surface area contributed by atoms with Crippen LogP contribution in [0.3, 0.4) is 0 Å². The molecule has 0 aliphatic heterocycles. The van der Waals surface area contributed by atoms with Gasteiger partial charge in [-0.15, -0.1) is 16.8 Å². The summed E-state index contributed by atoms with van der Waals surface area (Å²) in [5.41, 5.74) is 0.0663. The van der Waals surface area contributed by atoms with Crippen molar-refractivity contribution < 1.29 is 31.8 Å². The highest BCUT2D eigenvalue weighted by Gasteiger charge is 2.13. The predicted molar refractivity (Wildman–Crippen MR) is 98.2 cm³/mol. The molecule has 28 heavy (non-hydrogen) atoms. The Labute approximate surface area is 165 Å². The number of amides is 1. The van der Waals surface area contributed by atoms with Crippen LogP contribution in [-0.2, 0) is 4.79 Å². The summed E-state index contributed by atoms with van der Waals surface area (Å²) in [6.45, 7) is -2.72. The SMILES string of the molecule is C=CCSc1nnc(NC(=O)/C=C/c2ccc(OC(F)F)cc2OC(F)F)s1. The number of ether oxygens (including phenoxy) is 2. The second-order valence-corrected chi connectivity index (χ2v) is 7.00. The lowest BCUT2D eigenvalue weighted by molar-refractivity contribution is -0.111. The first-order valence-electron chi connectivity index (χ1n) is 7.47. The van der Waals surface area contributed by atoms with Gasteiger partial charge in [-0.25, -0.2) is 0 Å². The van der Waals surface area contributed by atoms with Gasteiger partial charge in [-0.1, -0.05) is 29.2 Å². The monoisotopic (exact) mass is 435 g/mol. The average molecular weight is 435 g/mol. The van der Waals surface area contributed by atoms with E-state index in [0.717, 1.165) is 29.5 Å². The van der Waals surface area contributed by atoms with Gasteiger partial charge < -0.3 is 9.47 Å². The van der Waals surface area contributed by atoms with Crippen LogP contribution in [0.5, 0.6) is 11.5 Å². The van der Waals surface area contributed by atoms with Crippen molar-refractivity contribution in [2.24, 2.45) is 0 Å². The fraction of sp³-hybridized carbons (Fsp3) is 0.188. The number of thioether (sulfide) groups is 1. The third-order valence-electron chi connectivity index (χ3n) is 2.80. The molecule has 1 aromatic carbocycles. The molecule has 1 heterocycles. The molecule has 12 heteroatoms. The molecule has 0 saturated carbocycles. The molecule has 0 atom stereocenters. The lowest BCUT2D eigenvalue weighted by Crippen LogP contribution is -2.08. The van der Waals surface area contributed by atoms with Crippen molar-refractivity contribution in [3.05, 3.63) is 42.5 Å². The number of alkyl halides is 4. The standard InChI is InChI=1S/C16H13F4N3O3S2/c1-2-7-27-16-23-22-15(28-16)21-12(24)6-4-9-3-5-10(25-13(17)18)8-11(9)26-14(19)20/h2-6,8,13-14H,1,7H2,(H,21,22,24)/b6-4+. The van der Waals surface area contributed by atoms with Gasteiger partial charge >= 0.3 is 13.2 Å². The minimum absolute atomic E-state index is 0.0663. The van der Waals surface area contributed by atoms with E-state index in [1.807, 2.05) is 0 Å². The van der Waals surface area contributed by atoms with E-state index in [1.165, 1.54) is 23.9 Å². The van der Waals surface area contributed by atoms with Crippen LogP contribution >= 0.6 is 23.1 Å². The van der Waals surface area contributed by atoms with Crippen molar-refractivity contribution in [3.63, 3.8) is 0 Å². The van der Waals surface area contributed by atoms with Crippen LogP contribution in [0.2, 0.25) is 0 Å². The summed E-state index contributed by atoms with van der Waals surface area (Å²) in [6, 6.07) is 3.22. The zero-order valence-electron chi connectivity index (χ0n) is 14.0. The molecule has 2 aromatic rings. The average Bonchev–Trinajstić information content (AvgIpc) is 3.05. The largest absolute Gasteiger partial charge is 0.435 e. The summed E-state index contributed by atoms with van der Waals surface area (Å²) >= 11 is 2.55. The summed E-state index contributed by atoms with van der Waals surface area (Å²) in [7, 11) is 0.